The lowest BCUT2D eigenvalue weighted by atomic mass is 10.1. The monoisotopic (exact) mass is 433 g/mol. The van der Waals surface area contributed by atoms with Crippen molar-refractivity contribution in [1.29, 1.82) is 0 Å². The average molecular weight is 433 g/mol. The smallest absolute Gasteiger partial charge is 0.289 e. The molecule has 10 heteroatoms. The van der Waals surface area contributed by atoms with Gasteiger partial charge in [0.2, 0.25) is 10.0 Å². The van der Waals surface area contributed by atoms with Crippen molar-refractivity contribution in [3.05, 3.63) is 63.7 Å². The number of carbonyl (C=O) groups is 1. The fourth-order valence-electron chi connectivity index (χ4n) is 3.40. The van der Waals surface area contributed by atoms with E-state index in [2.05, 4.69) is 0 Å². The highest BCUT2D eigenvalue weighted by Gasteiger charge is 2.34. The van der Waals surface area contributed by atoms with E-state index in [1.807, 2.05) is 32.0 Å². The van der Waals surface area contributed by atoms with Crippen LogP contribution < -0.4 is 4.74 Å². The second kappa shape index (κ2) is 8.80. The largest absolute Gasteiger partial charge is 0.484 e. The van der Waals surface area contributed by atoms with E-state index in [4.69, 9.17) is 4.74 Å². The molecule has 0 spiro atoms. The summed E-state index contributed by atoms with van der Waals surface area (Å²) in [5.74, 6) is 0.371. The first-order valence-corrected chi connectivity index (χ1v) is 10.8. The van der Waals surface area contributed by atoms with Gasteiger partial charge in [-0.05, 0) is 43.2 Å². The lowest BCUT2D eigenvalue weighted by Crippen LogP contribution is -2.51. The van der Waals surface area contributed by atoms with Gasteiger partial charge in [0.1, 0.15) is 5.75 Å². The second-order valence-corrected chi connectivity index (χ2v) is 9.03. The van der Waals surface area contributed by atoms with Crippen LogP contribution in [-0.4, -0.2) is 61.2 Å². The van der Waals surface area contributed by atoms with Crippen molar-refractivity contribution in [2.24, 2.45) is 0 Å². The highest BCUT2D eigenvalue weighted by Crippen LogP contribution is 2.27. The zero-order valence-electron chi connectivity index (χ0n) is 16.8. The van der Waals surface area contributed by atoms with Crippen molar-refractivity contribution < 1.29 is 22.9 Å². The highest BCUT2D eigenvalue weighted by atomic mass is 32.2. The van der Waals surface area contributed by atoms with Crippen LogP contribution in [0.1, 0.15) is 11.1 Å². The van der Waals surface area contributed by atoms with Crippen LogP contribution in [-0.2, 0) is 14.8 Å². The van der Waals surface area contributed by atoms with Gasteiger partial charge < -0.3 is 9.64 Å². The molecule has 0 unspecified atom stereocenters. The molecule has 0 radical (unpaired) electrons. The van der Waals surface area contributed by atoms with Crippen molar-refractivity contribution in [2.45, 2.75) is 18.7 Å². The van der Waals surface area contributed by atoms with E-state index in [1.54, 1.807) is 0 Å². The molecule has 30 heavy (non-hydrogen) atoms. The Morgan fingerprint density at radius 2 is 1.67 bits per heavy atom. The number of sulfonamides is 1. The number of nitro groups is 1. The summed E-state index contributed by atoms with van der Waals surface area (Å²) < 4.78 is 32.5. The van der Waals surface area contributed by atoms with Crippen LogP contribution >= 0.6 is 0 Å². The summed E-state index contributed by atoms with van der Waals surface area (Å²) in [7, 11) is -4.03. The predicted octanol–water partition coefficient (Wildman–Crippen LogP) is 2.12. The topological polar surface area (TPSA) is 110 Å². The number of aryl methyl sites for hydroxylation is 2. The standard InChI is InChI=1S/C20H23N3O6S/c1-15-11-16(2)13-17(12-15)29-14-20(24)21-7-9-22(10-8-21)30(27,28)19-6-4-3-5-18(19)23(25)26/h3-6,11-13H,7-10,14H2,1-2H3. The SMILES string of the molecule is Cc1cc(C)cc(OCC(=O)N2CCN(S(=O)(=O)c3ccccc3[N+](=O)[O-])CC2)c1. The van der Waals surface area contributed by atoms with Crippen LogP contribution in [0, 0.1) is 24.0 Å². The van der Waals surface area contributed by atoms with E-state index in [1.165, 1.54) is 27.4 Å². The molecule has 0 aromatic heterocycles. The molecule has 1 heterocycles. The fraction of sp³-hybridized carbons (Fsp3) is 0.350. The van der Waals surface area contributed by atoms with Crippen molar-refractivity contribution in [3.63, 3.8) is 0 Å². The van der Waals surface area contributed by atoms with E-state index >= 15 is 0 Å². The predicted molar refractivity (Wildman–Crippen MR) is 110 cm³/mol. The first-order chi connectivity index (χ1) is 14.2. The molecule has 9 nitrogen and oxygen atoms in total. The first kappa shape index (κ1) is 21.7. The summed E-state index contributed by atoms with van der Waals surface area (Å²) in [6.45, 7) is 4.24. The van der Waals surface area contributed by atoms with Gasteiger partial charge in [-0.25, -0.2) is 8.42 Å². The van der Waals surface area contributed by atoms with Crippen molar-refractivity contribution in [3.8, 4) is 5.75 Å². The van der Waals surface area contributed by atoms with E-state index in [0.29, 0.717) is 5.75 Å². The highest BCUT2D eigenvalue weighted by molar-refractivity contribution is 7.89. The molecule has 1 fully saturated rings. The van der Waals surface area contributed by atoms with Crippen LogP contribution in [0.25, 0.3) is 0 Å². The molecule has 0 N–H and O–H groups in total. The Balaban J connectivity index is 1.61. The maximum absolute atomic E-state index is 12.9. The van der Waals surface area contributed by atoms with Gasteiger partial charge in [-0.15, -0.1) is 0 Å². The lowest BCUT2D eigenvalue weighted by Gasteiger charge is -2.33. The van der Waals surface area contributed by atoms with Crippen molar-refractivity contribution in [1.82, 2.24) is 9.21 Å². The van der Waals surface area contributed by atoms with Gasteiger partial charge in [-0.1, -0.05) is 18.2 Å². The number of nitro benzene ring substituents is 1. The van der Waals surface area contributed by atoms with Crippen LogP contribution in [0.4, 0.5) is 5.69 Å². The zero-order chi connectivity index (χ0) is 21.9. The van der Waals surface area contributed by atoms with Gasteiger partial charge in [0.25, 0.3) is 11.6 Å². The molecule has 0 atom stereocenters. The van der Waals surface area contributed by atoms with Crippen molar-refractivity contribution in [2.75, 3.05) is 32.8 Å². The minimum absolute atomic E-state index is 0.0592. The Morgan fingerprint density at radius 3 is 2.27 bits per heavy atom. The van der Waals surface area contributed by atoms with Gasteiger partial charge in [-0.3, -0.25) is 14.9 Å². The van der Waals surface area contributed by atoms with E-state index in [-0.39, 0.29) is 43.6 Å². The molecular weight excluding hydrogens is 410 g/mol. The van der Waals surface area contributed by atoms with Crippen LogP contribution in [0.15, 0.2) is 47.4 Å². The zero-order valence-corrected chi connectivity index (χ0v) is 17.6. The number of ether oxygens (including phenoxy) is 1. The number of nitrogens with zero attached hydrogens (tertiary/aromatic N) is 3. The third-order valence-electron chi connectivity index (χ3n) is 4.83. The molecule has 2 aromatic rings. The minimum atomic E-state index is -4.03. The molecule has 1 aliphatic heterocycles. The number of para-hydroxylation sites is 1. The normalized spacial score (nSPS) is 15.1. The van der Waals surface area contributed by atoms with Crippen LogP contribution in [0.2, 0.25) is 0 Å². The van der Waals surface area contributed by atoms with E-state index in [0.717, 1.165) is 17.2 Å². The molecule has 1 amide bonds. The fourth-order valence-corrected chi connectivity index (χ4v) is 4.98. The average Bonchev–Trinajstić information content (AvgIpc) is 2.71. The molecule has 160 valence electrons. The van der Waals surface area contributed by atoms with Gasteiger partial charge in [0, 0.05) is 32.2 Å². The summed E-state index contributed by atoms with van der Waals surface area (Å²) >= 11 is 0. The molecule has 1 aliphatic rings. The third-order valence-corrected chi connectivity index (χ3v) is 6.77. The molecule has 3 rings (SSSR count). The molecule has 0 saturated carbocycles. The van der Waals surface area contributed by atoms with Gasteiger partial charge in [0.05, 0.1) is 4.92 Å². The number of piperazine rings is 1. The lowest BCUT2D eigenvalue weighted by molar-refractivity contribution is -0.387. The maximum atomic E-state index is 12.9. The summed E-state index contributed by atoms with van der Waals surface area (Å²) in [5, 5.41) is 11.2. The number of benzene rings is 2. The molecule has 1 saturated heterocycles. The van der Waals surface area contributed by atoms with Crippen LogP contribution in [0.3, 0.4) is 0 Å². The number of amides is 1. The summed E-state index contributed by atoms with van der Waals surface area (Å²) in [6.07, 6.45) is 0. The summed E-state index contributed by atoms with van der Waals surface area (Å²) in [4.78, 5) is 24.1. The van der Waals surface area contributed by atoms with Gasteiger partial charge >= 0.3 is 0 Å². The number of rotatable bonds is 6. The Bertz CT molecular complexity index is 1040. The molecule has 0 bridgehead atoms. The molecular formula is C20H23N3O6S. The number of carbonyl (C=O) groups excluding carboxylic acids is 1. The minimum Gasteiger partial charge on any atom is -0.484 e. The Labute approximate surface area is 175 Å². The molecule has 0 aliphatic carbocycles. The first-order valence-electron chi connectivity index (χ1n) is 9.41. The third kappa shape index (κ3) is 4.77. The number of hydrogen-bond donors (Lipinski definition) is 0. The van der Waals surface area contributed by atoms with E-state index in [9.17, 15) is 23.3 Å². The second-order valence-electron chi connectivity index (χ2n) is 7.12. The molecule has 2 aromatic carbocycles. The van der Waals surface area contributed by atoms with Crippen molar-refractivity contribution >= 4 is 21.6 Å². The van der Waals surface area contributed by atoms with Gasteiger partial charge in [0.15, 0.2) is 11.5 Å². The van der Waals surface area contributed by atoms with Crippen LogP contribution in [0.5, 0.6) is 5.75 Å². The summed E-state index contributed by atoms with van der Waals surface area (Å²) in [6, 6.07) is 11.0. The quantitative estimate of drug-likeness (QED) is 0.510. The maximum Gasteiger partial charge on any atom is 0.289 e. The Morgan fingerprint density at radius 1 is 1.07 bits per heavy atom. The number of hydrogen-bond acceptors (Lipinski definition) is 6. The Hall–Kier alpha value is -2.98. The Kier molecular flexibility index (Phi) is 6.37. The van der Waals surface area contributed by atoms with E-state index < -0.39 is 20.6 Å². The summed E-state index contributed by atoms with van der Waals surface area (Å²) in [5.41, 5.74) is 1.61. The van der Waals surface area contributed by atoms with Gasteiger partial charge in [-0.2, -0.15) is 4.31 Å².